The maximum absolute atomic E-state index is 9.33. The summed E-state index contributed by atoms with van der Waals surface area (Å²) in [7, 11) is 0. The van der Waals surface area contributed by atoms with Crippen LogP contribution in [-0.4, -0.2) is 4.87 Å². The molecule has 0 unspecified atom stereocenters. The Bertz CT molecular complexity index is 487. The monoisotopic (exact) mass is 255 g/mol. The first-order valence-electron chi connectivity index (χ1n) is 5.90. The molecule has 0 fully saturated rings. The fourth-order valence-corrected chi connectivity index (χ4v) is 2.29. The van der Waals surface area contributed by atoms with Crippen LogP contribution in [0, 0.1) is 11.3 Å². The van der Waals surface area contributed by atoms with Crippen LogP contribution in [0.15, 0.2) is 60.7 Å². The summed E-state index contributed by atoms with van der Waals surface area (Å²) in [5, 5.41) is 9.33. The van der Waals surface area contributed by atoms with Gasteiger partial charge < -0.3 is 0 Å². The largest absolute Gasteiger partial charge is 0.196 e. The third kappa shape index (κ3) is 3.35. The van der Waals surface area contributed by atoms with E-state index in [1.165, 1.54) is 0 Å². The van der Waals surface area contributed by atoms with E-state index >= 15 is 0 Å². The number of nitriles is 1. The van der Waals surface area contributed by atoms with Gasteiger partial charge in [-0.2, -0.15) is 5.26 Å². The van der Waals surface area contributed by atoms with Gasteiger partial charge in [-0.3, -0.25) is 0 Å². The summed E-state index contributed by atoms with van der Waals surface area (Å²) >= 11 is 6.43. The molecule has 0 spiro atoms. The zero-order valence-corrected chi connectivity index (χ0v) is 10.8. The number of rotatable bonds is 4. The van der Waals surface area contributed by atoms with Crippen molar-refractivity contribution in [3.63, 3.8) is 0 Å². The summed E-state index contributed by atoms with van der Waals surface area (Å²) in [6, 6.07) is 22.0. The van der Waals surface area contributed by atoms with E-state index in [1.807, 2.05) is 60.7 Å². The van der Waals surface area contributed by atoms with Gasteiger partial charge in [-0.1, -0.05) is 60.7 Å². The Morgan fingerprint density at radius 2 is 1.22 bits per heavy atom. The average molecular weight is 256 g/mol. The van der Waals surface area contributed by atoms with E-state index in [0.29, 0.717) is 12.8 Å². The van der Waals surface area contributed by atoms with Crippen molar-refractivity contribution in [1.29, 1.82) is 5.26 Å². The van der Waals surface area contributed by atoms with Gasteiger partial charge in [-0.05, 0) is 11.1 Å². The number of hydrogen-bond acceptors (Lipinski definition) is 1. The third-order valence-electron chi connectivity index (χ3n) is 2.85. The number of benzene rings is 2. The SMILES string of the molecule is N#CC(Cl)(Cc1ccccc1)Cc1ccccc1. The number of alkyl halides is 1. The zero-order valence-electron chi connectivity index (χ0n) is 10.0. The smallest absolute Gasteiger partial charge is 0.139 e. The number of nitrogens with zero attached hydrogens (tertiary/aromatic N) is 1. The molecule has 0 aliphatic carbocycles. The van der Waals surface area contributed by atoms with Crippen molar-refractivity contribution in [3.05, 3.63) is 71.8 Å². The minimum Gasteiger partial charge on any atom is -0.196 e. The Balaban J connectivity index is 2.14. The van der Waals surface area contributed by atoms with Gasteiger partial charge in [-0.25, -0.2) is 0 Å². The molecule has 18 heavy (non-hydrogen) atoms. The van der Waals surface area contributed by atoms with Crippen molar-refractivity contribution in [3.8, 4) is 6.07 Å². The van der Waals surface area contributed by atoms with E-state index in [2.05, 4.69) is 6.07 Å². The lowest BCUT2D eigenvalue weighted by Crippen LogP contribution is -2.25. The minimum absolute atomic E-state index is 0.556. The maximum atomic E-state index is 9.33. The van der Waals surface area contributed by atoms with Gasteiger partial charge in [0.15, 0.2) is 0 Å². The minimum atomic E-state index is -0.872. The van der Waals surface area contributed by atoms with Crippen molar-refractivity contribution in [2.45, 2.75) is 17.7 Å². The van der Waals surface area contributed by atoms with Gasteiger partial charge in [0.1, 0.15) is 4.87 Å². The molecule has 1 nitrogen and oxygen atoms in total. The van der Waals surface area contributed by atoms with Gasteiger partial charge in [-0.15, -0.1) is 11.6 Å². The summed E-state index contributed by atoms with van der Waals surface area (Å²) in [6.07, 6.45) is 1.11. The second-order valence-electron chi connectivity index (χ2n) is 4.40. The van der Waals surface area contributed by atoms with Gasteiger partial charge in [0, 0.05) is 12.8 Å². The molecular formula is C16H14ClN. The molecule has 2 aromatic rings. The molecule has 0 saturated carbocycles. The number of halogens is 1. The number of hydrogen-bond donors (Lipinski definition) is 0. The molecule has 0 amide bonds. The van der Waals surface area contributed by atoms with E-state index in [0.717, 1.165) is 11.1 Å². The Morgan fingerprint density at radius 3 is 1.56 bits per heavy atom. The fourth-order valence-electron chi connectivity index (χ4n) is 1.98. The molecule has 0 aromatic heterocycles. The lowest BCUT2D eigenvalue weighted by molar-refractivity contribution is 0.700. The van der Waals surface area contributed by atoms with Crippen molar-refractivity contribution in [2.75, 3.05) is 0 Å². The van der Waals surface area contributed by atoms with Crippen LogP contribution in [0.3, 0.4) is 0 Å². The summed E-state index contributed by atoms with van der Waals surface area (Å²) in [6.45, 7) is 0. The van der Waals surface area contributed by atoms with Crippen LogP contribution in [0.4, 0.5) is 0 Å². The second kappa shape index (κ2) is 5.71. The lowest BCUT2D eigenvalue weighted by Gasteiger charge is -2.19. The second-order valence-corrected chi connectivity index (χ2v) is 5.13. The van der Waals surface area contributed by atoms with Crippen molar-refractivity contribution >= 4 is 11.6 Å². The van der Waals surface area contributed by atoms with E-state index in [1.54, 1.807) is 0 Å². The highest BCUT2D eigenvalue weighted by atomic mass is 35.5. The zero-order chi connectivity index (χ0) is 12.8. The van der Waals surface area contributed by atoms with E-state index in [9.17, 15) is 5.26 Å². The molecule has 0 atom stereocenters. The van der Waals surface area contributed by atoms with Crippen LogP contribution in [0.5, 0.6) is 0 Å². The topological polar surface area (TPSA) is 23.8 Å². The molecule has 0 N–H and O–H groups in total. The normalized spacial score (nSPS) is 10.9. The van der Waals surface area contributed by atoms with Crippen LogP contribution in [0.1, 0.15) is 11.1 Å². The molecular weight excluding hydrogens is 242 g/mol. The third-order valence-corrected chi connectivity index (χ3v) is 3.21. The van der Waals surface area contributed by atoms with Gasteiger partial charge in [0.25, 0.3) is 0 Å². The molecule has 0 radical (unpaired) electrons. The molecule has 2 heteroatoms. The van der Waals surface area contributed by atoms with Gasteiger partial charge in [0.2, 0.25) is 0 Å². The van der Waals surface area contributed by atoms with Crippen molar-refractivity contribution < 1.29 is 0 Å². The van der Waals surface area contributed by atoms with Gasteiger partial charge >= 0.3 is 0 Å². The highest BCUT2D eigenvalue weighted by molar-refractivity contribution is 6.26. The molecule has 0 bridgehead atoms. The first kappa shape index (κ1) is 12.7. The predicted octanol–water partition coefficient (Wildman–Crippen LogP) is 3.97. The molecule has 2 rings (SSSR count). The summed E-state index contributed by atoms with van der Waals surface area (Å²) in [5.41, 5.74) is 2.18. The molecule has 0 saturated heterocycles. The summed E-state index contributed by atoms with van der Waals surface area (Å²) in [4.78, 5) is -0.872. The molecule has 90 valence electrons. The van der Waals surface area contributed by atoms with Crippen LogP contribution in [0.2, 0.25) is 0 Å². The quantitative estimate of drug-likeness (QED) is 0.759. The van der Waals surface area contributed by atoms with Gasteiger partial charge in [0.05, 0.1) is 6.07 Å². The van der Waals surface area contributed by atoms with Crippen LogP contribution in [-0.2, 0) is 12.8 Å². The lowest BCUT2D eigenvalue weighted by atomic mass is 9.93. The van der Waals surface area contributed by atoms with Crippen molar-refractivity contribution in [2.24, 2.45) is 0 Å². The highest BCUT2D eigenvalue weighted by Gasteiger charge is 2.27. The molecule has 0 heterocycles. The molecule has 0 aliphatic heterocycles. The fraction of sp³-hybridized carbons (Fsp3) is 0.188. The first-order valence-corrected chi connectivity index (χ1v) is 6.28. The summed E-state index contributed by atoms with van der Waals surface area (Å²) < 4.78 is 0. The Labute approximate surface area is 113 Å². The maximum Gasteiger partial charge on any atom is 0.139 e. The van der Waals surface area contributed by atoms with E-state index in [-0.39, 0.29) is 0 Å². The highest BCUT2D eigenvalue weighted by Crippen LogP contribution is 2.25. The molecule has 0 aliphatic rings. The van der Waals surface area contributed by atoms with Crippen LogP contribution < -0.4 is 0 Å². The van der Waals surface area contributed by atoms with E-state index in [4.69, 9.17) is 11.6 Å². The van der Waals surface area contributed by atoms with Crippen LogP contribution >= 0.6 is 11.6 Å². The molecule has 2 aromatic carbocycles. The average Bonchev–Trinajstić information content (AvgIpc) is 2.41. The summed E-state index contributed by atoms with van der Waals surface area (Å²) in [5.74, 6) is 0. The standard InChI is InChI=1S/C16H14ClN/c17-16(13-18,11-14-7-3-1-4-8-14)12-15-9-5-2-6-10-15/h1-10H,11-12H2. The first-order chi connectivity index (χ1) is 8.72. The van der Waals surface area contributed by atoms with Crippen molar-refractivity contribution in [1.82, 2.24) is 0 Å². The predicted molar refractivity (Wildman–Crippen MR) is 74.5 cm³/mol. The Kier molecular flexibility index (Phi) is 4.02. The Morgan fingerprint density at radius 1 is 0.833 bits per heavy atom. The van der Waals surface area contributed by atoms with E-state index < -0.39 is 4.87 Å². The van der Waals surface area contributed by atoms with Crippen LogP contribution in [0.25, 0.3) is 0 Å². The Hall–Kier alpha value is -1.78.